The number of hydrogen-bond donors (Lipinski definition) is 1. The van der Waals surface area contributed by atoms with Crippen LogP contribution in [-0.4, -0.2) is 6.54 Å². The first kappa shape index (κ1) is 13.2. The van der Waals surface area contributed by atoms with E-state index in [9.17, 15) is 0 Å². The van der Waals surface area contributed by atoms with E-state index >= 15 is 0 Å². The van der Waals surface area contributed by atoms with Gasteiger partial charge in [0.1, 0.15) is 0 Å². The summed E-state index contributed by atoms with van der Waals surface area (Å²) in [7, 11) is 0. The molecule has 20 heavy (non-hydrogen) atoms. The van der Waals surface area contributed by atoms with Gasteiger partial charge in [-0.15, -0.1) is 0 Å². The Morgan fingerprint density at radius 2 is 1.85 bits per heavy atom. The summed E-state index contributed by atoms with van der Waals surface area (Å²) < 4.78 is 0. The van der Waals surface area contributed by atoms with Gasteiger partial charge in [-0.2, -0.15) is 0 Å². The van der Waals surface area contributed by atoms with Crippen LogP contribution >= 0.6 is 0 Å². The van der Waals surface area contributed by atoms with Crippen LogP contribution < -0.4 is 5.32 Å². The summed E-state index contributed by atoms with van der Waals surface area (Å²) in [6.45, 7) is 5.76. The summed E-state index contributed by atoms with van der Waals surface area (Å²) in [5.74, 6) is 1.42. The Labute approximate surface area is 122 Å². The Morgan fingerprint density at radius 3 is 2.60 bits per heavy atom. The monoisotopic (exact) mass is 265 g/mol. The highest BCUT2D eigenvalue weighted by Gasteiger charge is 2.22. The summed E-state index contributed by atoms with van der Waals surface area (Å²) in [6.07, 6.45) is 2.27. The fourth-order valence-electron chi connectivity index (χ4n) is 3.23. The minimum absolute atomic E-state index is 0.706. The highest BCUT2D eigenvalue weighted by molar-refractivity contribution is 5.57. The van der Waals surface area contributed by atoms with E-state index in [2.05, 4.69) is 67.7 Å². The fraction of sp³-hybridized carbons (Fsp3) is 0.368. The SMILES string of the molecule is CC(C)C1CCNc2cc(Cc3ccccc3)ccc21. The van der Waals surface area contributed by atoms with E-state index in [1.165, 1.54) is 28.8 Å². The van der Waals surface area contributed by atoms with E-state index < -0.39 is 0 Å². The first-order valence-corrected chi connectivity index (χ1v) is 7.64. The van der Waals surface area contributed by atoms with Gasteiger partial charge in [0.25, 0.3) is 0 Å². The van der Waals surface area contributed by atoms with Gasteiger partial charge in [0.05, 0.1) is 0 Å². The summed E-state index contributed by atoms with van der Waals surface area (Å²) in [5.41, 5.74) is 5.63. The van der Waals surface area contributed by atoms with E-state index in [0.717, 1.165) is 18.9 Å². The van der Waals surface area contributed by atoms with Crippen LogP contribution in [0.5, 0.6) is 0 Å². The van der Waals surface area contributed by atoms with Crippen LogP contribution in [0.15, 0.2) is 48.5 Å². The van der Waals surface area contributed by atoms with Gasteiger partial charge in [-0.05, 0) is 47.4 Å². The third-order valence-corrected chi connectivity index (χ3v) is 4.34. The standard InChI is InChI=1S/C19H23N/c1-14(2)17-10-11-20-19-13-16(8-9-18(17)19)12-15-6-4-3-5-7-15/h3-9,13-14,17,20H,10-12H2,1-2H3. The van der Waals surface area contributed by atoms with Crippen molar-refractivity contribution in [1.82, 2.24) is 0 Å². The maximum Gasteiger partial charge on any atom is 0.0378 e. The van der Waals surface area contributed by atoms with E-state index in [-0.39, 0.29) is 0 Å². The van der Waals surface area contributed by atoms with Crippen molar-refractivity contribution in [3.63, 3.8) is 0 Å². The molecular weight excluding hydrogens is 242 g/mol. The second-order valence-electron chi connectivity index (χ2n) is 6.15. The van der Waals surface area contributed by atoms with Gasteiger partial charge < -0.3 is 5.32 Å². The molecule has 1 heterocycles. The van der Waals surface area contributed by atoms with E-state index in [1.54, 1.807) is 0 Å². The van der Waals surface area contributed by atoms with Gasteiger partial charge in [-0.1, -0.05) is 56.3 Å². The van der Waals surface area contributed by atoms with Crippen LogP contribution in [-0.2, 0) is 6.42 Å². The molecule has 3 rings (SSSR count). The maximum absolute atomic E-state index is 3.57. The highest BCUT2D eigenvalue weighted by atomic mass is 14.9. The molecule has 0 aliphatic carbocycles. The van der Waals surface area contributed by atoms with Gasteiger partial charge in [0, 0.05) is 12.2 Å². The van der Waals surface area contributed by atoms with Crippen molar-refractivity contribution in [3.8, 4) is 0 Å². The van der Waals surface area contributed by atoms with Crippen LogP contribution in [0.2, 0.25) is 0 Å². The molecule has 1 aliphatic heterocycles. The zero-order valence-electron chi connectivity index (χ0n) is 12.4. The highest BCUT2D eigenvalue weighted by Crippen LogP contribution is 2.37. The molecule has 0 fully saturated rings. The van der Waals surface area contributed by atoms with E-state index in [4.69, 9.17) is 0 Å². The lowest BCUT2D eigenvalue weighted by Gasteiger charge is -2.30. The minimum Gasteiger partial charge on any atom is -0.385 e. The summed E-state index contributed by atoms with van der Waals surface area (Å²) in [6, 6.07) is 17.7. The van der Waals surface area contributed by atoms with Gasteiger partial charge >= 0.3 is 0 Å². The quantitative estimate of drug-likeness (QED) is 0.838. The number of anilines is 1. The normalized spacial score (nSPS) is 17.6. The summed E-state index contributed by atoms with van der Waals surface area (Å²) >= 11 is 0. The largest absolute Gasteiger partial charge is 0.385 e. The fourth-order valence-corrected chi connectivity index (χ4v) is 3.23. The molecule has 1 heteroatoms. The maximum atomic E-state index is 3.57. The number of benzene rings is 2. The predicted molar refractivity (Wildman–Crippen MR) is 86.4 cm³/mol. The Kier molecular flexibility index (Phi) is 3.77. The van der Waals surface area contributed by atoms with Crippen LogP contribution in [0.4, 0.5) is 5.69 Å². The first-order valence-electron chi connectivity index (χ1n) is 7.64. The van der Waals surface area contributed by atoms with Crippen molar-refractivity contribution in [1.29, 1.82) is 0 Å². The molecule has 1 atom stereocenters. The average Bonchev–Trinajstić information content (AvgIpc) is 2.47. The predicted octanol–water partition coefficient (Wildman–Crippen LogP) is 4.83. The Hall–Kier alpha value is -1.76. The molecule has 1 unspecified atom stereocenters. The lowest BCUT2D eigenvalue weighted by Crippen LogP contribution is -2.20. The average molecular weight is 265 g/mol. The topological polar surface area (TPSA) is 12.0 Å². The minimum atomic E-state index is 0.706. The molecule has 0 spiro atoms. The Bertz CT molecular complexity index is 572. The van der Waals surface area contributed by atoms with Crippen molar-refractivity contribution in [2.24, 2.45) is 5.92 Å². The first-order chi connectivity index (χ1) is 9.74. The zero-order valence-corrected chi connectivity index (χ0v) is 12.4. The zero-order chi connectivity index (χ0) is 13.9. The lowest BCUT2D eigenvalue weighted by atomic mass is 9.82. The van der Waals surface area contributed by atoms with Crippen molar-refractivity contribution < 1.29 is 0 Å². The summed E-state index contributed by atoms with van der Waals surface area (Å²) in [4.78, 5) is 0. The molecule has 1 aliphatic rings. The van der Waals surface area contributed by atoms with Gasteiger partial charge in [0.15, 0.2) is 0 Å². The molecule has 1 nitrogen and oxygen atoms in total. The van der Waals surface area contributed by atoms with Crippen molar-refractivity contribution in [2.45, 2.75) is 32.6 Å². The third-order valence-electron chi connectivity index (χ3n) is 4.34. The molecule has 0 amide bonds. The Morgan fingerprint density at radius 1 is 1.05 bits per heavy atom. The number of rotatable bonds is 3. The van der Waals surface area contributed by atoms with Crippen LogP contribution in [0.1, 0.15) is 42.9 Å². The van der Waals surface area contributed by atoms with Gasteiger partial charge in [0.2, 0.25) is 0 Å². The smallest absolute Gasteiger partial charge is 0.0378 e. The third kappa shape index (κ3) is 2.72. The number of fused-ring (bicyclic) bond motifs is 1. The molecule has 1 N–H and O–H groups in total. The molecule has 0 bridgehead atoms. The molecule has 0 saturated heterocycles. The van der Waals surface area contributed by atoms with Gasteiger partial charge in [-0.3, -0.25) is 0 Å². The molecule has 2 aromatic carbocycles. The van der Waals surface area contributed by atoms with Crippen LogP contribution in [0.3, 0.4) is 0 Å². The second kappa shape index (κ2) is 5.70. The summed E-state index contributed by atoms with van der Waals surface area (Å²) in [5, 5.41) is 3.57. The van der Waals surface area contributed by atoms with E-state index in [1.807, 2.05) is 0 Å². The van der Waals surface area contributed by atoms with Crippen LogP contribution in [0.25, 0.3) is 0 Å². The molecule has 104 valence electrons. The second-order valence-corrected chi connectivity index (χ2v) is 6.15. The van der Waals surface area contributed by atoms with Crippen molar-refractivity contribution in [3.05, 3.63) is 65.2 Å². The lowest BCUT2D eigenvalue weighted by molar-refractivity contribution is 0.469. The molecule has 0 aromatic heterocycles. The van der Waals surface area contributed by atoms with E-state index in [0.29, 0.717) is 5.92 Å². The number of hydrogen-bond acceptors (Lipinski definition) is 1. The molecular formula is C19H23N. The molecule has 2 aromatic rings. The van der Waals surface area contributed by atoms with Crippen molar-refractivity contribution in [2.75, 3.05) is 11.9 Å². The molecule has 0 radical (unpaired) electrons. The Balaban J connectivity index is 1.86. The van der Waals surface area contributed by atoms with Crippen LogP contribution in [0, 0.1) is 5.92 Å². The van der Waals surface area contributed by atoms with Gasteiger partial charge in [-0.25, -0.2) is 0 Å². The van der Waals surface area contributed by atoms with Crippen molar-refractivity contribution >= 4 is 5.69 Å². The number of nitrogens with one attached hydrogen (secondary N) is 1. The molecule has 0 saturated carbocycles.